The van der Waals surface area contributed by atoms with Crippen molar-refractivity contribution in [1.82, 2.24) is 19.5 Å². The van der Waals surface area contributed by atoms with Gasteiger partial charge < -0.3 is 21.1 Å². The molecule has 0 bridgehead atoms. The summed E-state index contributed by atoms with van der Waals surface area (Å²) in [7, 11) is 0. The second kappa shape index (κ2) is 10.6. The fourth-order valence-electron chi connectivity index (χ4n) is 4.96. The Morgan fingerprint density at radius 1 is 1.09 bits per heavy atom. The van der Waals surface area contributed by atoms with Gasteiger partial charge >= 0.3 is 0 Å². The molecule has 1 aliphatic carbocycles. The summed E-state index contributed by atoms with van der Waals surface area (Å²) in [5, 5.41) is 6.88. The van der Waals surface area contributed by atoms with Crippen LogP contribution < -0.4 is 16.4 Å². The molecule has 3 aromatic rings. The van der Waals surface area contributed by atoms with Crippen molar-refractivity contribution in [1.29, 1.82) is 0 Å². The number of hydrogen-bond acceptors (Lipinski definition) is 7. The Bertz CT molecular complexity index is 1190. The molecule has 2 aromatic heterocycles. The van der Waals surface area contributed by atoms with Gasteiger partial charge in [0.25, 0.3) is 0 Å². The molecule has 4 N–H and O–H groups in total. The van der Waals surface area contributed by atoms with Crippen LogP contribution in [0.2, 0.25) is 0 Å². The Kier molecular flexibility index (Phi) is 7.27. The number of carbonyl (C=O) groups is 1. The first kappa shape index (κ1) is 24.1. The van der Waals surface area contributed by atoms with Gasteiger partial charge in [0.2, 0.25) is 17.8 Å². The van der Waals surface area contributed by atoms with Crippen molar-refractivity contribution in [3.8, 4) is 0 Å². The van der Waals surface area contributed by atoms with E-state index in [1.807, 2.05) is 24.3 Å². The molecule has 35 heavy (non-hydrogen) atoms. The average Bonchev–Trinajstić information content (AvgIpc) is 3.22. The predicted octanol–water partition coefficient (Wildman–Crippen LogP) is 4.85. The molecule has 5 rings (SSSR count). The highest BCUT2D eigenvalue weighted by Crippen LogP contribution is 2.38. The van der Waals surface area contributed by atoms with Crippen LogP contribution in [0.15, 0.2) is 30.5 Å². The molecular weight excluding hydrogens is 489 g/mol. The van der Waals surface area contributed by atoms with Crippen LogP contribution in [0, 0.1) is 5.92 Å². The highest BCUT2D eigenvalue weighted by atomic mass is 35.5. The monoisotopic (exact) mass is 517 g/mol. The summed E-state index contributed by atoms with van der Waals surface area (Å²) in [5.74, 6) is 0.893. The Balaban J connectivity index is 1.51. The van der Waals surface area contributed by atoms with Crippen LogP contribution in [-0.2, 0) is 9.53 Å². The number of para-hydroxylation sites is 1. The van der Waals surface area contributed by atoms with Crippen LogP contribution in [0.25, 0.3) is 11.2 Å². The smallest absolute Gasteiger partial charge is 0.224 e. The second-order valence-corrected chi connectivity index (χ2v) is 10.3. The summed E-state index contributed by atoms with van der Waals surface area (Å²) in [5.41, 5.74) is 8.54. The zero-order valence-electron chi connectivity index (χ0n) is 19.3. The van der Waals surface area contributed by atoms with Crippen molar-refractivity contribution < 1.29 is 9.53 Å². The van der Waals surface area contributed by atoms with Gasteiger partial charge in [0.1, 0.15) is 10.4 Å². The first-order valence-electron chi connectivity index (χ1n) is 12.0. The summed E-state index contributed by atoms with van der Waals surface area (Å²) >= 11 is 12.4. The Morgan fingerprint density at radius 3 is 2.54 bits per heavy atom. The average molecular weight is 518 g/mol. The van der Waals surface area contributed by atoms with E-state index in [2.05, 4.69) is 20.2 Å². The molecule has 1 saturated heterocycles. The Hall–Kier alpha value is -2.62. The molecule has 0 radical (unpaired) electrons. The van der Waals surface area contributed by atoms with E-state index >= 15 is 0 Å². The molecule has 2 fully saturated rings. The highest BCUT2D eigenvalue weighted by molar-refractivity contribution is 6.44. The first-order chi connectivity index (χ1) is 17.0. The topological polar surface area (TPSA) is 120 Å². The van der Waals surface area contributed by atoms with Crippen LogP contribution in [0.1, 0.15) is 55.0 Å². The van der Waals surface area contributed by atoms with Crippen LogP contribution >= 0.6 is 23.2 Å². The van der Waals surface area contributed by atoms with Crippen molar-refractivity contribution in [2.75, 3.05) is 23.8 Å². The molecule has 1 saturated carbocycles. The molecule has 186 valence electrons. The number of aromatic nitrogens is 4. The Morgan fingerprint density at radius 2 is 1.83 bits per heavy atom. The minimum Gasteiger partial charge on any atom is -0.381 e. The maximum Gasteiger partial charge on any atom is 0.224 e. The van der Waals surface area contributed by atoms with Crippen molar-refractivity contribution in [2.24, 2.45) is 11.7 Å². The van der Waals surface area contributed by atoms with Gasteiger partial charge in [-0.2, -0.15) is 4.98 Å². The molecular formula is C24H29Cl2N7O2. The lowest BCUT2D eigenvalue weighted by atomic mass is 9.85. The van der Waals surface area contributed by atoms with E-state index in [1.165, 1.54) is 0 Å². The summed E-state index contributed by atoms with van der Waals surface area (Å²) in [6, 6.07) is 8.00. The fraction of sp³-hybridized carbons (Fsp3) is 0.500. The molecule has 0 unspecified atom stereocenters. The quantitative estimate of drug-likeness (QED) is 0.383. The third kappa shape index (κ3) is 5.32. The lowest BCUT2D eigenvalue weighted by molar-refractivity contribution is -0.122. The second-order valence-electron chi connectivity index (χ2n) is 9.16. The summed E-state index contributed by atoms with van der Waals surface area (Å²) in [6.07, 6.45) is 6.65. The van der Waals surface area contributed by atoms with E-state index in [9.17, 15) is 4.79 Å². The number of amides is 1. The van der Waals surface area contributed by atoms with Gasteiger partial charge in [-0.05, 0) is 44.6 Å². The van der Waals surface area contributed by atoms with E-state index in [0.717, 1.165) is 68.6 Å². The molecule has 3 heterocycles. The Labute approximate surface area is 213 Å². The lowest BCUT2D eigenvalue weighted by Crippen LogP contribution is -2.29. The number of rotatable bonds is 7. The first-order valence-corrected chi connectivity index (χ1v) is 12.9. The van der Waals surface area contributed by atoms with Crippen LogP contribution in [0.5, 0.6) is 0 Å². The maximum absolute atomic E-state index is 11.7. The number of nitrogens with two attached hydrogens (primary N) is 1. The van der Waals surface area contributed by atoms with E-state index in [0.29, 0.717) is 17.4 Å². The molecule has 1 amide bonds. The summed E-state index contributed by atoms with van der Waals surface area (Å²) in [4.78, 5) is 25.3. The molecule has 1 aliphatic heterocycles. The minimum atomic E-state index is -0.683. The number of hydrogen-bond donors (Lipinski definition) is 3. The molecule has 11 heteroatoms. The van der Waals surface area contributed by atoms with Gasteiger partial charge in [0.05, 0.1) is 6.20 Å². The van der Waals surface area contributed by atoms with Gasteiger partial charge in [0, 0.05) is 42.5 Å². The summed E-state index contributed by atoms with van der Waals surface area (Å²) < 4.78 is 7.59. The predicted molar refractivity (Wildman–Crippen MR) is 137 cm³/mol. The van der Waals surface area contributed by atoms with Crippen LogP contribution in [0.4, 0.5) is 17.6 Å². The van der Waals surface area contributed by atoms with Gasteiger partial charge in [-0.1, -0.05) is 41.4 Å². The molecule has 9 nitrogen and oxygen atoms in total. The van der Waals surface area contributed by atoms with Gasteiger partial charge in [0.15, 0.2) is 5.65 Å². The SMILES string of the molecule is NC(=O)C1CCC(n2c(Nc3ccccc3C(Cl)Cl)nc3cnc(NC4CCOCC4)nc32)CC1. The summed E-state index contributed by atoms with van der Waals surface area (Å²) in [6.45, 7) is 1.47. The lowest BCUT2D eigenvalue weighted by Gasteiger charge is -2.29. The normalized spacial score (nSPS) is 21.3. The molecule has 2 aliphatic rings. The largest absolute Gasteiger partial charge is 0.381 e. The van der Waals surface area contributed by atoms with E-state index in [-0.39, 0.29) is 23.9 Å². The molecule has 0 spiro atoms. The van der Waals surface area contributed by atoms with Crippen molar-refractivity contribution in [3.05, 3.63) is 36.0 Å². The zero-order valence-corrected chi connectivity index (χ0v) is 20.8. The van der Waals surface area contributed by atoms with E-state index < -0.39 is 4.84 Å². The van der Waals surface area contributed by atoms with E-state index in [1.54, 1.807) is 6.20 Å². The maximum atomic E-state index is 11.7. The minimum absolute atomic E-state index is 0.0909. The van der Waals surface area contributed by atoms with Gasteiger partial charge in [-0.15, -0.1) is 0 Å². The van der Waals surface area contributed by atoms with E-state index in [4.69, 9.17) is 43.6 Å². The number of nitrogens with one attached hydrogen (secondary N) is 2. The van der Waals surface area contributed by atoms with Gasteiger partial charge in [-0.3, -0.25) is 9.36 Å². The van der Waals surface area contributed by atoms with Crippen molar-refractivity contribution >= 4 is 57.9 Å². The number of halogens is 2. The van der Waals surface area contributed by atoms with Crippen LogP contribution in [-0.4, -0.2) is 44.7 Å². The van der Waals surface area contributed by atoms with Crippen LogP contribution in [0.3, 0.4) is 0 Å². The van der Waals surface area contributed by atoms with Crippen molar-refractivity contribution in [3.63, 3.8) is 0 Å². The molecule has 1 aromatic carbocycles. The number of ether oxygens (including phenoxy) is 1. The van der Waals surface area contributed by atoms with Gasteiger partial charge in [-0.25, -0.2) is 9.97 Å². The van der Waals surface area contributed by atoms with Crippen molar-refractivity contribution in [2.45, 2.75) is 55.4 Å². The number of primary amides is 1. The third-order valence-electron chi connectivity index (χ3n) is 6.89. The third-order valence-corrected chi connectivity index (χ3v) is 7.36. The number of anilines is 3. The number of benzene rings is 1. The fourth-order valence-corrected chi connectivity index (χ4v) is 5.34. The number of imidazole rings is 1. The number of fused-ring (bicyclic) bond motifs is 1. The highest BCUT2D eigenvalue weighted by Gasteiger charge is 2.29. The molecule has 0 atom stereocenters. The number of alkyl halides is 2. The number of carbonyl (C=O) groups excluding carboxylic acids is 1. The standard InChI is InChI=1S/C24H29Cl2N7O2/c25-20(26)17-3-1-2-4-18(17)30-24-31-19-13-28-23(29-15-9-11-35-12-10-15)32-22(19)33(24)16-7-5-14(6-8-16)21(27)34/h1-4,13-16,20H,5-12H2,(H2,27,34)(H,30,31)(H,28,29,32). The zero-order chi connectivity index (χ0) is 24.4. The number of nitrogens with zero attached hydrogens (tertiary/aromatic N) is 4.